The fraction of sp³-hybridized carbons (Fsp3) is 0.500. The summed E-state index contributed by atoms with van der Waals surface area (Å²) in [6, 6.07) is 0. The van der Waals surface area contributed by atoms with Crippen molar-refractivity contribution in [2.24, 2.45) is 4.99 Å². The molecule has 0 aliphatic heterocycles. The van der Waals surface area contributed by atoms with Crippen molar-refractivity contribution < 1.29 is 0 Å². The molecule has 1 aromatic rings. The van der Waals surface area contributed by atoms with Gasteiger partial charge in [0.2, 0.25) is 0 Å². The summed E-state index contributed by atoms with van der Waals surface area (Å²) in [6.07, 6.45) is 2.79. The first-order valence-electron chi connectivity index (χ1n) is 5.65. The van der Waals surface area contributed by atoms with E-state index in [0.717, 1.165) is 36.2 Å². The number of nitrogens with zero attached hydrogens (tertiary/aromatic N) is 2. The molecular formula is C12H21IN4S. The lowest BCUT2D eigenvalue weighted by Gasteiger charge is -2.09. The Morgan fingerprint density at radius 2 is 2.17 bits per heavy atom. The molecular weight excluding hydrogens is 359 g/mol. The molecule has 0 aliphatic rings. The Hall–Kier alpha value is -0.630. The molecule has 0 amide bonds. The lowest BCUT2D eigenvalue weighted by atomic mass is 10.3. The van der Waals surface area contributed by atoms with E-state index in [1.165, 1.54) is 4.88 Å². The molecule has 0 bridgehead atoms. The van der Waals surface area contributed by atoms with Gasteiger partial charge in [0.25, 0.3) is 0 Å². The molecule has 0 unspecified atom stereocenters. The number of nitrogens with one attached hydrogen (secondary N) is 2. The van der Waals surface area contributed by atoms with Crippen LogP contribution in [0.2, 0.25) is 0 Å². The molecule has 0 aromatic carbocycles. The van der Waals surface area contributed by atoms with Gasteiger partial charge >= 0.3 is 0 Å². The predicted molar refractivity (Wildman–Crippen MR) is 90.3 cm³/mol. The monoisotopic (exact) mass is 380 g/mol. The zero-order chi connectivity index (χ0) is 12.7. The molecule has 0 radical (unpaired) electrons. The summed E-state index contributed by atoms with van der Waals surface area (Å²) in [5.41, 5.74) is 1.14. The van der Waals surface area contributed by atoms with Crippen molar-refractivity contribution >= 4 is 41.3 Å². The predicted octanol–water partition coefficient (Wildman–Crippen LogP) is 2.27. The van der Waals surface area contributed by atoms with Gasteiger partial charge in [0.15, 0.2) is 5.96 Å². The number of aromatic nitrogens is 1. The van der Waals surface area contributed by atoms with Crippen LogP contribution in [0.25, 0.3) is 0 Å². The van der Waals surface area contributed by atoms with Gasteiger partial charge in [-0.05, 0) is 13.8 Å². The van der Waals surface area contributed by atoms with Gasteiger partial charge in [-0.3, -0.25) is 4.99 Å². The fourth-order valence-corrected chi connectivity index (χ4v) is 2.43. The van der Waals surface area contributed by atoms with Crippen molar-refractivity contribution in [3.8, 4) is 0 Å². The molecule has 0 fully saturated rings. The van der Waals surface area contributed by atoms with E-state index in [4.69, 9.17) is 0 Å². The molecule has 0 spiro atoms. The highest BCUT2D eigenvalue weighted by Gasteiger charge is 2.04. The Labute approximate surface area is 130 Å². The van der Waals surface area contributed by atoms with Gasteiger partial charge in [0.05, 0.1) is 10.7 Å². The lowest BCUT2D eigenvalue weighted by molar-refractivity contribution is 0.824. The normalized spacial score (nSPS) is 10.7. The second kappa shape index (κ2) is 9.32. The van der Waals surface area contributed by atoms with Gasteiger partial charge in [0, 0.05) is 31.4 Å². The van der Waals surface area contributed by atoms with Crippen molar-refractivity contribution in [3.05, 3.63) is 28.2 Å². The maximum absolute atomic E-state index is 4.41. The largest absolute Gasteiger partial charge is 0.356 e. The molecule has 0 saturated heterocycles. The number of aryl methyl sites for hydroxylation is 2. The minimum absolute atomic E-state index is 0. The zero-order valence-electron chi connectivity index (χ0n) is 11.1. The third kappa shape index (κ3) is 5.81. The van der Waals surface area contributed by atoms with Crippen LogP contribution < -0.4 is 10.6 Å². The van der Waals surface area contributed by atoms with Gasteiger partial charge < -0.3 is 10.6 Å². The van der Waals surface area contributed by atoms with Crippen molar-refractivity contribution in [2.75, 3.05) is 20.1 Å². The average molecular weight is 380 g/mol. The number of aliphatic imine (C=N–C) groups is 1. The van der Waals surface area contributed by atoms with Crippen LogP contribution in [-0.2, 0) is 6.42 Å². The lowest BCUT2D eigenvalue weighted by Crippen LogP contribution is -2.38. The van der Waals surface area contributed by atoms with E-state index in [1.807, 2.05) is 13.0 Å². The molecule has 1 aromatic heterocycles. The fourth-order valence-electron chi connectivity index (χ4n) is 1.49. The van der Waals surface area contributed by atoms with Crippen LogP contribution in [0.15, 0.2) is 17.6 Å². The molecule has 0 saturated carbocycles. The van der Waals surface area contributed by atoms with Crippen LogP contribution in [0.5, 0.6) is 0 Å². The SMILES string of the molecule is C=CCNC(=NC)NCCc1sc(C)nc1C.I. The summed E-state index contributed by atoms with van der Waals surface area (Å²) in [7, 11) is 1.76. The van der Waals surface area contributed by atoms with Gasteiger partial charge in [-0.1, -0.05) is 6.08 Å². The molecule has 0 aliphatic carbocycles. The third-order valence-electron chi connectivity index (χ3n) is 2.28. The van der Waals surface area contributed by atoms with E-state index < -0.39 is 0 Å². The Kier molecular flexibility index (Phi) is 8.99. The Bertz CT molecular complexity index is 401. The Morgan fingerprint density at radius 1 is 1.44 bits per heavy atom. The highest BCUT2D eigenvalue weighted by Crippen LogP contribution is 2.16. The van der Waals surface area contributed by atoms with E-state index in [9.17, 15) is 0 Å². The number of halogens is 1. The number of hydrogen-bond acceptors (Lipinski definition) is 3. The second-order valence-electron chi connectivity index (χ2n) is 3.66. The van der Waals surface area contributed by atoms with E-state index in [-0.39, 0.29) is 24.0 Å². The first-order valence-corrected chi connectivity index (χ1v) is 6.47. The zero-order valence-corrected chi connectivity index (χ0v) is 14.3. The van der Waals surface area contributed by atoms with Crippen molar-refractivity contribution in [3.63, 3.8) is 0 Å². The van der Waals surface area contributed by atoms with Gasteiger partial charge in [-0.25, -0.2) is 4.98 Å². The quantitative estimate of drug-likeness (QED) is 0.357. The molecule has 4 nitrogen and oxygen atoms in total. The van der Waals surface area contributed by atoms with Crippen molar-refractivity contribution in [2.45, 2.75) is 20.3 Å². The summed E-state index contributed by atoms with van der Waals surface area (Å²) in [4.78, 5) is 9.87. The van der Waals surface area contributed by atoms with Crippen LogP contribution in [0, 0.1) is 13.8 Å². The minimum Gasteiger partial charge on any atom is -0.356 e. The Morgan fingerprint density at radius 3 is 2.67 bits per heavy atom. The maximum Gasteiger partial charge on any atom is 0.191 e. The summed E-state index contributed by atoms with van der Waals surface area (Å²) in [5.74, 6) is 0.809. The first-order chi connectivity index (χ1) is 8.17. The molecule has 2 N–H and O–H groups in total. The third-order valence-corrected chi connectivity index (χ3v) is 3.41. The van der Waals surface area contributed by atoms with E-state index in [1.54, 1.807) is 18.4 Å². The topological polar surface area (TPSA) is 49.3 Å². The standard InChI is InChI=1S/C12H20N4S.HI/c1-5-7-14-12(13-4)15-8-6-11-9(2)16-10(3)17-11;/h5H,1,6-8H2,2-4H3,(H2,13,14,15);1H. The summed E-state index contributed by atoms with van der Waals surface area (Å²) >= 11 is 1.76. The van der Waals surface area contributed by atoms with Gasteiger partial charge in [0.1, 0.15) is 0 Å². The number of guanidine groups is 1. The minimum atomic E-state index is 0. The summed E-state index contributed by atoms with van der Waals surface area (Å²) < 4.78 is 0. The van der Waals surface area contributed by atoms with Crippen LogP contribution in [0.1, 0.15) is 15.6 Å². The number of hydrogen-bond donors (Lipinski definition) is 2. The molecule has 0 atom stereocenters. The smallest absolute Gasteiger partial charge is 0.191 e. The van der Waals surface area contributed by atoms with Crippen LogP contribution in [0.3, 0.4) is 0 Å². The van der Waals surface area contributed by atoms with Crippen LogP contribution in [-0.4, -0.2) is 31.1 Å². The van der Waals surface area contributed by atoms with E-state index in [0.29, 0.717) is 0 Å². The Balaban J connectivity index is 0.00000289. The average Bonchev–Trinajstić information content (AvgIpc) is 2.62. The van der Waals surface area contributed by atoms with E-state index in [2.05, 4.69) is 34.1 Å². The first kappa shape index (κ1) is 17.4. The molecule has 1 rings (SSSR count). The van der Waals surface area contributed by atoms with Gasteiger partial charge in [-0.2, -0.15) is 0 Å². The van der Waals surface area contributed by atoms with Crippen molar-refractivity contribution in [1.29, 1.82) is 0 Å². The van der Waals surface area contributed by atoms with E-state index >= 15 is 0 Å². The van der Waals surface area contributed by atoms with Crippen LogP contribution >= 0.6 is 35.3 Å². The van der Waals surface area contributed by atoms with Crippen LogP contribution in [0.4, 0.5) is 0 Å². The number of thiazole rings is 1. The maximum atomic E-state index is 4.41. The molecule has 102 valence electrons. The highest BCUT2D eigenvalue weighted by atomic mass is 127. The number of rotatable bonds is 5. The molecule has 6 heteroatoms. The highest BCUT2D eigenvalue weighted by molar-refractivity contribution is 14.0. The van der Waals surface area contributed by atoms with Gasteiger partial charge in [-0.15, -0.1) is 41.9 Å². The second-order valence-corrected chi connectivity index (χ2v) is 4.95. The molecule has 1 heterocycles. The molecule has 18 heavy (non-hydrogen) atoms. The summed E-state index contributed by atoms with van der Waals surface area (Å²) in [6.45, 7) is 9.34. The van der Waals surface area contributed by atoms with Crippen molar-refractivity contribution in [1.82, 2.24) is 15.6 Å². The summed E-state index contributed by atoms with van der Waals surface area (Å²) in [5, 5.41) is 7.52.